The van der Waals surface area contributed by atoms with E-state index in [1.807, 2.05) is 17.8 Å². The highest BCUT2D eigenvalue weighted by molar-refractivity contribution is 7.99. The zero-order valence-corrected chi connectivity index (χ0v) is 20.7. The van der Waals surface area contributed by atoms with Gasteiger partial charge in [-0.05, 0) is 53.9 Å². The van der Waals surface area contributed by atoms with Crippen molar-refractivity contribution in [2.24, 2.45) is 0 Å². The summed E-state index contributed by atoms with van der Waals surface area (Å²) in [5.74, 6) is 2.56. The van der Waals surface area contributed by atoms with Gasteiger partial charge in [0, 0.05) is 11.4 Å². The third-order valence-corrected chi connectivity index (χ3v) is 7.35. The smallest absolute Gasteiger partial charge is 0.160 e. The average Bonchev–Trinajstić information content (AvgIpc) is 3.29. The van der Waals surface area contributed by atoms with Crippen LogP contribution in [-0.4, -0.2) is 23.8 Å². The minimum Gasteiger partial charge on any atom is -0.493 e. The summed E-state index contributed by atoms with van der Waals surface area (Å²) in [6.45, 7) is 0.810. The van der Waals surface area contributed by atoms with Crippen molar-refractivity contribution in [3.05, 3.63) is 120 Å². The molecule has 0 aliphatic rings. The predicted octanol–water partition coefficient (Wildman–Crippen LogP) is 7.18. The van der Waals surface area contributed by atoms with Crippen molar-refractivity contribution >= 4 is 22.8 Å². The second kappa shape index (κ2) is 10.7. The monoisotopic (exact) mass is 480 g/mol. The largest absolute Gasteiger partial charge is 0.493 e. The highest BCUT2D eigenvalue weighted by Gasteiger charge is 2.23. The Morgan fingerprint density at radius 2 is 1.46 bits per heavy atom. The zero-order chi connectivity index (χ0) is 24.0. The Morgan fingerprint density at radius 1 is 0.771 bits per heavy atom. The van der Waals surface area contributed by atoms with Gasteiger partial charge in [0.15, 0.2) is 11.5 Å². The molecule has 176 valence electrons. The number of hydrogen-bond donors (Lipinski definition) is 0. The van der Waals surface area contributed by atoms with Crippen LogP contribution in [0.15, 0.2) is 108 Å². The fraction of sp³-hybridized carbons (Fsp3) is 0.167. The fourth-order valence-corrected chi connectivity index (χ4v) is 5.50. The highest BCUT2D eigenvalue weighted by Crippen LogP contribution is 2.41. The molecule has 1 atom stereocenters. The van der Waals surface area contributed by atoms with Crippen molar-refractivity contribution in [3.63, 3.8) is 0 Å². The summed E-state index contributed by atoms with van der Waals surface area (Å²) in [6, 6.07) is 35.7. The van der Waals surface area contributed by atoms with Crippen LogP contribution in [0.3, 0.4) is 0 Å². The van der Waals surface area contributed by atoms with E-state index in [2.05, 4.69) is 102 Å². The molecule has 4 nitrogen and oxygen atoms in total. The van der Waals surface area contributed by atoms with Crippen LogP contribution in [0.25, 0.3) is 11.0 Å². The number of imidazole rings is 1. The van der Waals surface area contributed by atoms with E-state index >= 15 is 0 Å². The van der Waals surface area contributed by atoms with Gasteiger partial charge >= 0.3 is 0 Å². The van der Waals surface area contributed by atoms with Gasteiger partial charge in [-0.2, -0.15) is 0 Å². The van der Waals surface area contributed by atoms with Gasteiger partial charge in [-0.3, -0.25) is 0 Å². The van der Waals surface area contributed by atoms with Crippen molar-refractivity contribution in [1.29, 1.82) is 0 Å². The summed E-state index contributed by atoms with van der Waals surface area (Å²) in [6.07, 6.45) is 0.852. The first-order valence-corrected chi connectivity index (χ1v) is 12.6. The first kappa shape index (κ1) is 23.1. The number of benzene rings is 4. The number of rotatable bonds is 9. The topological polar surface area (TPSA) is 36.3 Å². The molecule has 4 aromatic carbocycles. The lowest BCUT2D eigenvalue weighted by molar-refractivity contribution is 0.354. The standard InChI is InChI=1S/C30H28N2O2S/c1-33-27-18-17-22(21-28(27)34-2)19-20-32-26-16-10-9-15-25(26)31-30(32)29(23-11-5-3-6-12-23)35-24-13-7-4-8-14-24/h3-18,21,29H,19-20H2,1-2H3. The normalized spacial score (nSPS) is 11.9. The number of para-hydroxylation sites is 2. The van der Waals surface area contributed by atoms with E-state index < -0.39 is 0 Å². The maximum Gasteiger partial charge on any atom is 0.160 e. The lowest BCUT2D eigenvalue weighted by Crippen LogP contribution is -2.10. The molecule has 0 saturated heterocycles. The van der Waals surface area contributed by atoms with Crippen LogP contribution in [0.2, 0.25) is 0 Å². The second-order valence-electron chi connectivity index (χ2n) is 8.27. The van der Waals surface area contributed by atoms with Crippen LogP contribution in [0.1, 0.15) is 22.2 Å². The number of aryl methyl sites for hydroxylation is 2. The molecule has 5 rings (SSSR count). The predicted molar refractivity (Wildman–Crippen MR) is 144 cm³/mol. The van der Waals surface area contributed by atoms with Gasteiger partial charge < -0.3 is 14.0 Å². The van der Waals surface area contributed by atoms with Gasteiger partial charge in [-0.15, -0.1) is 11.8 Å². The molecule has 0 spiro atoms. The molecule has 0 aliphatic carbocycles. The van der Waals surface area contributed by atoms with Crippen molar-refractivity contribution in [2.75, 3.05) is 14.2 Å². The third-order valence-electron chi connectivity index (χ3n) is 6.09. The van der Waals surface area contributed by atoms with Crippen molar-refractivity contribution in [2.45, 2.75) is 23.1 Å². The molecule has 1 heterocycles. The maximum absolute atomic E-state index is 5.52. The molecule has 5 aromatic rings. The van der Waals surface area contributed by atoms with Gasteiger partial charge in [0.1, 0.15) is 5.82 Å². The number of methoxy groups -OCH3 is 2. The van der Waals surface area contributed by atoms with E-state index in [0.29, 0.717) is 0 Å². The molecule has 0 bridgehead atoms. The molecule has 0 amide bonds. The first-order chi connectivity index (χ1) is 17.3. The molecule has 35 heavy (non-hydrogen) atoms. The number of aromatic nitrogens is 2. The molecule has 0 radical (unpaired) electrons. The number of fused-ring (bicyclic) bond motifs is 1. The van der Waals surface area contributed by atoms with Crippen molar-refractivity contribution in [1.82, 2.24) is 9.55 Å². The van der Waals surface area contributed by atoms with Crippen LogP contribution in [-0.2, 0) is 13.0 Å². The van der Waals surface area contributed by atoms with Crippen LogP contribution in [0.4, 0.5) is 0 Å². The highest BCUT2D eigenvalue weighted by atomic mass is 32.2. The third kappa shape index (κ3) is 5.05. The van der Waals surface area contributed by atoms with Crippen molar-refractivity contribution in [3.8, 4) is 11.5 Å². The Kier molecular flexibility index (Phi) is 7.05. The van der Waals surface area contributed by atoms with Gasteiger partial charge in [0.2, 0.25) is 0 Å². The number of ether oxygens (including phenoxy) is 2. The second-order valence-corrected chi connectivity index (χ2v) is 9.45. The number of hydrogen-bond acceptors (Lipinski definition) is 4. The van der Waals surface area contributed by atoms with Gasteiger partial charge in [0.25, 0.3) is 0 Å². The number of thioether (sulfide) groups is 1. The number of nitrogens with zero attached hydrogens (tertiary/aromatic N) is 2. The molecule has 0 fully saturated rings. The SMILES string of the molecule is COc1ccc(CCn2c(C(Sc3ccccc3)c3ccccc3)nc3ccccc32)cc1OC. The lowest BCUT2D eigenvalue weighted by atomic mass is 10.1. The Labute approximate surface area is 210 Å². The van der Waals surface area contributed by atoms with E-state index in [4.69, 9.17) is 14.5 Å². The van der Waals surface area contributed by atoms with Crippen molar-refractivity contribution < 1.29 is 9.47 Å². The van der Waals surface area contributed by atoms with Gasteiger partial charge in [0.05, 0.1) is 30.5 Å². The molecular weight excluding hydrogens is 452 g/mol. The molecule has 0 aliphatic heterocycles. The quantitative estimate of drug-likeness (QED) is 0.209. The zero-order valence-electron chi connectivity index (χ0n) is 19.9. The summed E-state index contributed by atoms with van der Waals surface area (Å²) in [7, 11) is 3.34. The summed E-state index contributed by atoms with van der Waals surface area (Å²) >= 11 is 1.84. The van der Waals surface area contributed by atoms with E-state index in [0.717, 1.165) is 41.3 Å². The van der Waals surface area contributed by atoms with E-state index in [1.165, 1.54) is 16.0 Å². The van der Waals surface area contributed by atoms with Gasteiger partial charge in [-0.1, -0.05) is 66.7 Å². The summed E-state index contributed by atoms with van der Waals surface area (Å²) in [5, 5.41) is 0.0661. The molecular formula is C30H28N2O2S. The lowest BCUT2D eigenvalue weighted by Gasteiger charge is -2.19. The molecule has 0 saturated carbocycles. The molecule has 1 unspecified atom stereocenters. The average molecular weight is 481 g/mol. The van der Waals surface area contributed by atoms with Gasteiger partial charge in [-0.25, -0.2) is 4.98 Å². The Balaban J connectivity index is 1.55. The minimum atomic E-state index is 0.0661. The van der Waals surface area contributed by atoms with E-state index in [1.54, 1.807) is 14.2 Å². The maximum atomic E-state index is 5.52. The van der Waals surface area contributed by atoms with E-state index in [9.17, 15) is 0 Å². The van der Waals surface area contributed by atoms with Crippen LogP contribution in [0, 0.1) is 0 Å². The Morgan fingerprint density at radius 3 is 2.20 bits per heavy atom. The Bertz CT molecular complexity index is 1400. The summed E-state index contributed by atoms with van der Waals surface area (Å²) < 4.78 is 13.3. The molecule has 1 aromatic heterocycles. The first-order valence-electron chi connectivity index (χ1n) is 11.7. The van der Waals surface area contributed by atoms with Crippen LogP contribution >= 0.6 is 11.8 Å². The minimum absolute atomic E-state index is 0.0661. The summed E-state index contributed by atoms with van der Waals surface area (Å²) in [5.41, 5.74) is 4.60. The van der Waals surface area contributed by atoms with Crippen LogP contribution < -0.4 is 9.47 Å². The Hall–Kier alpha value is -3.70. The van der Waals surface area contributed by atoms with Crippen LogP contribution in [0.5, 0.6) is 11.5 Å². The molecule has 5 heteroatoms. The summed E-state index contributed by atoms with van der Waals surface area (Å²) in [4.78, 5) is 6.38. The fourth-order valence-electron chi connectivity index (χ4n) is 4.34. The van der Waals surface area contributed by atoms with E-state index in [-0.39, 0.29) is 5.25 Å². The molecule has 0 N–H and O–H groups in total.